The van der Waals surface area contributed by atoms with Crippen molar-refractivity contribution in [2.24, 2.45) is 0 Å². The van der Waals surface area contributed by atoms with Crippen molar-refractivity contribution >= 4 is 23.2 Å². The maximum Gasteiger partial charge on any atom is 0.269 e. The van der Waals surface area contributed by atoms with Gasteiger partial charge in [-0.2, -0.15) is 0 Å². The average molecular weight is 477 g/mol. The fourth-order valence-corrected chi connectivity index (χ4v) is 3.52. The third-order valence-electron chi connectivity index (χ3n) is 5.41. The summed E-state index contributed by atoms with van der Waals surface area (Å²) in [6, 6.07) is 19.2. The third kappa shape index (κ3) is 6.80. The Bertz CT molecular complexity index is 1180. The van der Waals surface area contributed by atoms with E-state index in [1.165, 1.54) is 17.1 Å². The van der Waals surface area contributed by atoms with Crippen LogP contribution in [0.1, 0.15) is 28.4 Å². The molecular weight excluding hydrogens is 448 g/mol. The lowest BCUT2D eigenvalue weighted by atomic mass is 10.0. The molecule has 3 aromatic rings. The van der Waals surface area contributed by atoms with Crippen LogP contribution in [0.3, 0.4) is 0 Å². The number of amides is 2. The predicted octanol–water partition coefficient (Wildman–Crippen LogP) is 4.13. The molecule has 0 saturated heterocycles. The monoisotopic (exact) mass is 476 g/mol. The number of hydrazine groups is 1. The number of rotatable bonds is 10. The molecule has 1 atom stereocenters. The number of aryl methyl sites for hydroxylation is 1. The molecule has 35 heavy (non-hydrogen) atoms. The molecule has 2 N–H and O–H groups in total. The van der Waals surface area contributed by atoms with E-state index in [0.29, 0.717) is 29.1 Å². The molecular formula is C26H28N4O5. The van der Waals surface area contributed by atoms with Crippen molar-refractivity contribution in [3.8, 4) is 5.75 Å². The second-order valence-electron chi connectivity index (χ2n) is 7.95. The number of nitro benzene ring substituents is 1. The number of nitrogens with zero attached hydrogens (tertiary/aromatic N) is 2. The first kappa shape index (κ1) is 25.2. The number of hydrogen-bond donors (Lipinski definition) is 2. The van der Waals surface area contributed by atoms with Crippen molar-refractivity contribution < 1.29 is 19.2 Å². The zero-order valence-electron chi connectivity index (χ0n) is 19.9. The summed E-state index contributed by atoms with van der Waals surface area (Å²) in [5.74, 6) is -0.0384. The molecule has 3 rings (SSSR count). The van der Waals surface area contributed by atoms with E-state index >= 15 is 0 Å². The number of ether oxygens (including phenoxy) is 1. The van der Waals surface area contributed by atoms with E-state index in [9.17, 15) is 19.7 Å². The maximum atomic E-state index is 13.5. The maximum absolute atomic E-state index is 13.5. The van der Waals surface area contributed by atoms with Gasteiger partial charge in [0.1, 0.15) is 11.8 Å². The molecule has 0 aliphatic heterocycles. The number of anilines is 1. The van der Waals surface area contributed by atoms with Gasteiger partial charge < -0.3 is 10.1 Å². The second-order valence-corrected chi connectivity index (χ2v) is 7.95. The number of hydrogen-bond acceptors (Lipinski definition) is 6. The Morgan fingerprint density at radius 1 is 1.06 bits per heavy atom. The minimum absolute atomic E-state index is 0.0446. The van der Waals surface area contributed by atoms with Crippen molar-refractivity contribution in [2.75, 3.05) is 19.1 Å². The largest absolute Gasteiger partial charge is 0.497 e. The van der Waals surface area contributed by atoms with Gasteiger partial charge >= 0.3 is 0 Å². The summed E-state index contributed by atoms with van der Waals surface area (Å²) in [6.07, 6.45) is 0.162. The fourth-order valence-electron chi connectivity index (χ4n) is 3.52. The third-order valence-corrected chi connectivity index (χ3v) is 5.41. The molecule has 3 aromatic carbocycles. The van der Waals surface area contributed by atoms with Crippen molar-refractivity contribution in [1.29, 1.82) is 0 Å². The molecule has 0 aromatic heterocycles. The van der Waals surface area contributed by atoms with E-state index in [1.807, 2.05) is 19.9 Å². The van der Waals surface area contributed by atoms with Crippen LogP contribution in [0.15, 0.2) is 72.8 Å². The van der Waals surface area contributed by atoms with E-state index in [-0.39, 0.29) is 23.9 Å². The number of non-ortho nitro benzene ring substituents is 1. The molecule has 0 saturated carbocycles. The van der Waals surface area contributed by atoms with Crippen molar-refractivity contribution in [3.05, 3.63) is 99.6 Å². The van der Waals surface area contributed by atoms with Crippen LogP contribution in [-0.4, -0.2) is 41.4 Å². The highest BCUT2D eigenvalue weighted by Gasteiger charge is 2.27. The van der Waals surface area contributed by atoms with E-state index < -0.39 is 11.0 Å². The number of benzene rings is 3. The van der Waals surface area contributed by atoms with Crippen LogP contribution in [0.4, 0.5) is 11.4 Å². The molecule has 9 heteroatoms. The Labute approximate surface area is 203 Å². The van der Waals surface area contributed by atoms with Crippen molar-refractivity contribution in [3.63, 3.8) is 0 Å². The topological polar surface area (TPSA) is 114 Å². The lowest BCUT2D eigenvalue weighted by molar-refractivity contribution is -0.384. The Balaban J connectivity index is 1.84. The highest BCUT2D eigenvalue weighted by atomic mass is 16.6. The quantitative estimate of drug-likeness (QED) is 0.336. The SMILES string of the molecule is CCN(Nc1ccc(OC)cc1)C(=O)C(Cc1ccc([N+](=O)[O-])cc1)NC(=O)c1cccc(C)c1. The number of methoxy groups -OCH3 is 1. The minimum Gasteiger partial charge on any atom is -0.497 e. The highest BCUT2D eigenvalue weighted by Crippen LogP contribution is 2.18. The summed E-state index contributed by atoms with van der Waals surface area (Å²) in [6.45, 7) is 4.04. The minimum atomic E-state index is -0.907. The van der Waals surface area contributed by atoms with Gasteiger partial charge in [-0.15, -0.1) is 0 Å². The van der Waals surface area contributed by atoms with Crippen LogP contribution >= 0.6 is 0 Å². The Morgan fingerprint density at radius 2 is 1.74 bits per heavy atom. The first-order valence-electron chi connectivity index (χ1n) is 11.1. The molecule has 0 bridgehead atoms. The van der Waals surface area contributed by atoms with Gasteiger partial charge in [-0.1, -0.05) is 29.8 Å². The smallest absolute Gasteiger partial charge is 0.269 e. The van der Waals surface area contributed by atoms with Gasteiger partial charge in [0.15, 0.2) is 0 Å². The van der Waals surface area contributed by atoms with Crippen LogP contribution in [0.5, 0.6) is 5.75 Å². The number of carbonyl (C=O) groups excluding carboxylic acids is 2. The van der Waals surface area contributed by atoms with Gasteiger partial charge in [-0.05, 0) is 55.8 Å². The van der Waals surface area contributed by atoms with Gasteiger partial charge in [0.05, 0.1) is 17.7 Å². The summed E-state index contributed by atoms with van der Waals surface area (Å²) in [5.41, 5.74) is 5.76. The number of nitrogens with one attached hydrogen (secondary N) is 2. The van der Waals surface area contributed by atoms with E-state index in [2.05, 4.69) is 10.7 Å². The summed E-state index contributed by atoms with van der Waals surface area (Å²) in [5, 5.41) is 15.3. The molecule has 2 amide bonds. The Morgan fingerprint density at radius 3 is 2.31 bits per heavy atom. The number of likely N-dealkylation sites (N-methyl/N-ethyl adjacent to an activating group) is 1. The summed E-state index contributed by atoms with van der Waals surface area (Å²) in [4.78, 5) is 37.0. The molecule has 9 nitrogen and oxygen atoms in total. The number of carbonyl (C=O) groups is 2. The molecule has 182 valence electrons. The standard InChI is InChI=1S/C26H28N4O5/c1-4-29(28-21-10-14-23(35-3)15-11-21)26(32)24(17-19-8-12-22(13-9-19)30(33)34)27-25(31)20-7-5-6-18(2)16-20/h5-16,24,28H,4,17H2,1-3H3,(H,27,31). The molecule has 0 radical (unpaired) electrons. The van der Waals surface area contributed by atoms with Gasteiger partial charge in [0, 0.05) is 30.7 Å². The van der Waals surface area contributed by atoms with Crippen molar-refractivity contribution in [2.45, 2.75) is 26.3 Å². The van der Waals surface area contributed by atoms with E-state index in [0.717, 1.165) is 5.56 Å². The van der Waals surface area contributed by atoms with Gasteiger partial charge in [-0.25, -0.2) is 0 Å². The van der Waals surface area contributed by atoms with Gasteiger partial charge in [0.2, 0.25) is 0 Å². The summed E-state index contributed by atoms with van der Waals surface area (Å²) < 4.78 is 5.17. The summed E-state index contributed by atoms with van der Waals surface area (Å²) in [7, 11) is 1.57. The highest BCUT2D eigenvalue weighted by molar-refractivity contribution is 5.98. The van der Waals surface area contributed by atoms with Crippen LogP contribution in [0.2, 0.25) is 0 Å². The van der Waals surface area contributed by atoms with Crippen LogP contribution < -0.4 is 15.5 Å². The lowest BCUT2D eigenvalue weighted by Gasteiger charge is -2.28. The predicted molar refractivity (Wildman–Crippen MR) is 133 cm³/mol. The number of nitro groups is 1. The molecule has 0 aliphatic rings. The van der Waals surface area contributed by atoms with E-state index in [4.69, 9.17) is 4.74 Å². The normalized spacial score (nSPS) is 11.3. The molecule has 0 spiro atoms. The first-order chi connectivity index (χ1) is 16.8. The lowest BCUT2D eigenvalue weighted by Crippen LogP contribution is -2.51. The van der Waals surface area contributed by atoms with E-state index in [1.54, 1.807) is 61.7 Å². The van der Waals surface area contributed by atoms with Crippen LogP contribution in [0, 0.1) is 17.0 Å². The second kappa shape index (κ2) is 11.6. The zero-order chi connectivity index (χ0) is 25.4. The fraction of sp³-hybridized carbons (Fsp3) is 0.231. The van der Waals surface area contributed by atoms with Gasteiger partial charge in [0.25, 0.3) is 17.5 Å². The van der Waals surface area contributed by atoms with Crippen LogP contribution in [0.25, 0.3) is 0 Å². The summed E-state index contributed by atoms with van der Waals surface area (Å²) >= 11 is 0. The van der Waals surface area contributed by atoms with Gasteiger partial charge in [-0.3, -0.25) is 30.1 Å². The molecule has 0 aliphatic carbocycles. The Kier molecular flexibility index (Phi) is 8.39. The molecule has 0 fully saturated rings. The molecule has 0 heterocycles. The van der Waals surface area contributed by atoms with Crippen LogP contribution in [-0.2, 0) is 11.2 Å². The first-order valence-corrected chi connectivity index (χ1v) is 11.1. The Hall–Kier alpha value is -4.40. The zero-order valence-corrected chi connectivity index (χ0v) is 19.9. The average Bonchev–Trinajstić information content (AvgIpc) is 2.87. The van der Waals surface area contributed by atoms with Crippen molar-refractivity contribution in [1.82, 2.24) is 10.3 Å². The molecule has 1 unspecified atom stereocenters.